The third-order valence-corrected chi connectivity index (χ3v) is 3.59. The van der Waals surface area contributed by atoms with E-state index in [1.807, 2.05) is 19.1 Å². The third kappa shape index (κ3) is 2.79. The van der Waals surface area contributed by atoms with Crippen LogP contribution in [0.5, 0.6) is 0 Å². The fourth-order valence-corrected chi connectivity index (χ4v) is 2.50. The Labute approximate surface area is 108 Å². The predicted molar refractivity (Wildman–Crippen MR) is 69.3 cm³/mol. The minimum Gasteiger partial charge on any atom is -0.399 e. The van der Waals surface area contributed by atoms with Crippen molar-refractivity contribution in [1.82, 2.24) is 4.98 Å². The fourth-order valence-electron chi connectivity index (χ4n) is 1.53. The molecule has 0 aliphatic heterocycles. The molecule has 1 aromatic heterocycles. The highest BCUT2D eigenvalue weighted by molar-refractivity contribution is 7.98. The first-order valence-corrected chi connectivity index (χ1v) is 6.34. The fraction of sp³-hybridized carbons (Fsp3) is 0.154. The number of aromatic nitrogens is 1. The van der Waals surface area contributed by atoms with Crippen LogP contribution in [-0.2, 0) is 5.75 Å². The molecule has 18 heavy (non-hydrogen) atoms. The summed E-state index contributed by atoms with van der Waals surface area (Å²) in [6.45, 7) is 1.92. The van der Waals surface area contributed by atoms with Gasteiger partial charge in [-0.2, -0.15) is 0 Å². The molecule has 0 aliphatic carbocycles. The maximum atomic E-state index is 13.6. The van der Waals surface area contributed by atoms with Gasteiger partial charge in [0, 0.05) is 17.6 Å². The van der Waals surface area contributed by atoms with E-state index in [0.717, 1.165) is 35.2 Å². The van der Waals surface area contributed by atoms with Gasteiger partial charge < -0.3 is 5.73 Å². The second-order valence-corrected chi connectivity index (χ2v) is 4.85. The van der Waals surface area contributed by atoms with Crippen molar-refractivity contribution in [2.45, 2.75) is 17.6 Å². The molecule has 1 aromatic carbocycles. The molecule has 2 nitrogen and oxygen atoms in total. The average Bonchev–Trinajstić information content (AvgIpc) is 2.30. The Balaban J connectivity index is 2.19. The molecule has 2 aromatic rings. The Morgan fingerprint density at radius 3 is 2.56 bits per heavy atom. The molecule has 0 fully saturated rings. The third-order valence-electron chi connectivity index (χ3n) is 2.49. The van der Waals surface area contributed by atoms with Gasteiger partial charge in [0.25, 0.3) is 0 Å². The lowest BCUT2D eigenvalue weighted by molar-refractivity contribution is 0.542. The lowest BCUT2D eigenvalue weighted by atomic mass is 10.2. The van der Waals surface area contributed by atoms with Crippen LogP contribution in [0.3, 0.4) is 0 Å². The molecule has 2 N–H and O–H groups in total. The number of anilines is 1. The molecule has 0 bridgehead atoms. The summed E-state index contributed by atoms with van der Waals surface area (Å²) in [6, 6.07) is 5.99. The first-order chi connectivity index (χ1) is 8.58. The number of aryl methyl sites for hydroxylation is 1. The summed E-state index contributed by atoms with van der Waals surface area (Å²) >= 11 is 1.08. The maximum Gasteiger partial charge on any atom is 0.141 e. The Morgan fingerprint density at radius 1 is 1.28 bits per heavy atom. The molecular formula is C13H12F2N2S. The summed E-state index contributed by atoms with van der Waals surface area (Å²) in [4.78, 5) is 4.16. The highest BCUT2D eigenvalue weighted by Gasteiger charge is 2.12. The van der Waals surface area contributed by atoms with Gasteiger partial charge in [0.05, 0.1) is 10.6 Å². The van der Waals surface area contributed by atoms with Crippen molar-refractivity contribution in [2.75, 3.05) is 5.73 Å². The number of halogens is 2. The van der Waals surface area contributed by atoms with Crippen LogP contribution in [0.2, 0.25) is 0 Å². The zero-order valence-corrected chi connectivity index (χ0v) is 10.6. The summed E-state index contributed by atoms with van der Waals surface area (Å²) < 4.78 is 27.1. The minimum absolute atomic E-state index is 0.0192. The average molecular weight is 266 g/mol. The number of nitrogens with two attached hydrogens (primary N) is 1. The maximum absolute atomic E-state index is 13.6. The Morgan fingerprint density at radius 2 is 1.94 bits per heavy atom. The van der Waals surface area contributed by atoms with Crippen molar-refractivity contribution in [3.8, 4) is 0 Å². The van der Waals surface area contributed by atoms with E-state index in [-0.39, 0.29) is 10.6 Å². The number of thioether (sulfide) groups is 1. The summed E-state index contributed by atoms with van der Waals surface area (Å²) in [7, 11) is 0. The van der Waals surface area contributed by atoms with Crippen LogP contribution in [-0.4, -0.2) is 4.98 Å². The molecule has 2 rings (SSSR count). The summed E-state index contributed by atoms with van der Waals surface area (Å²) in [5.74, 6) is -0.845. The molecule has 0 unspecified atom stereocenters. The van der Waals surface area contributed by atoms with Crippen molar-refractivity contribution >= 4 is 17.4 Å². The van der Waals surface area contributed by atoms with Gasteiger partial charge in [-0.05, 0) is 30.7 Å². The number of nitrogen functional groups attached to an aromatic ring is 1. The number of nitrogens with zero attached hydrogens (tertiary/aromatic N) is 1. The number of rotatable bonds is 3. The van der Waals surface area contributed by atoms with E-state index in [0.29, 0.717) is 5.75 Å². The van der Waals surface area contributed by atoms with Crippen LogP contribution in [0.25, 0.3) is 0 Å². The molecule has 5 heteroatoms. The van der Waals surface area contributed by atoms with Gasteiger partial charge in [0.1, 0.15) is 11.6 Å². The van der Waals surface area contributed by atoms with Crippen molar-refractivity contribution in [1.29, 1.82) is 0 Å². The number of hydrogen-bond donors (Lipinski definition) is 1. The first-order valence-electron chi connectivity index (χ1n) is 5.35. The Hall–Kier alpha value is -1.62. The molecule has 0 aliphatic rings. The Bertz CT molecular complexity index is 550. The zero-order valence-electron chi connectivity index (χ0n) is 9.78. The van der Waals surface area contributed by atoms with Crippen molar-refractivity contribution in [3.05, 3.63) is 53.4 Å². The number of pyridine rings is 1. The molecular weight excluding hydrogens is 254 g/mol. The molecule has 0 atom stereocenters. The van der Waals surface area contributed by atoms with E-state index in [1.165, 1.54) is 0 Å². The molecule has 1 heterocycles. The molecule has 0 amide bonds. The Kier molecular flexibility index (Phi) is 3.81. The molecule has 0 spiro atoms. The van der Waals surface area contributed by atoms with Gasteiger partial charge >= 0.3 is 0 Å². The normalized spacial score (nSPS) is 10.6. The van der Waals surface area contributed by atoms with Crippen LogP contribution in [0.4, 0.5) is 14.5 Å². The van der Waals surface area contributed by atoms with Crippen LogP contribution in [0, 0.1) is 18.6 Å². The summed E-state index contributed by atoms with van der Waals surface area (Å²) in [5, 5.41) is 0. The topological polar surface area (TPSA) is 38.9 Å². The van der Waals surface area contributed by atoms with Gasteiger partial charge in [-0.3, -0.25) is 4.98 Å². The van der Waals surface area contributed by atoms with E-state index in [9.17, 15) is 8.78 Å². The zero-order chi connectivity index (χ0) is 13.1. The second kappa shape index (κ2) is 5.35. The standard InChI is InChI=1S/C13H12F2N2S/c1-8-3-2-4-17-12(8)7-18-13-10(14)5-9(16)6-11(13)15/h2-6H,7,16H2,1H3. The minimum atomic E-state index is -0.633. The van der Waals surface area contributed by atoms with Crippen molar-refractivity contribution < 1.29 is 8.78 Å². The van der Waals surface area contributed by atoms with E-state index < -0.39 is 11.6 Å². The van der Waals surface area contributed by atoms with Crippen LogP contribution >= 0.6 is 11.8 Å². The van der Waals surface area contributed by atoms with Gasteiger partial charge in [-0.25, -0.2) is 8.78 Å². The summed E-state index contributed by atoms with van der Waals surface area (Å²) in [5.41, 5.74) is 7.26. The molecule has 94 valence electrons. The van der Waals surface area contributed by atoms with Crippen LogP contribution in [0.1, 0.15) is 11.3 Å². The smallest absolute Gasteiger partial charge is 0.141 e. The van der Waals surface area contributed by atoms with E-state index in [2.05, 4.69) is 4.98 Å². The molecule has 0 saturated carbocycles. The predicted octanol–water partition coefficient (Wildman–Crippen LogP) is 3.54. The number of benzene rings is 1. The van der Waals surface area contributed by atoms with Gasteiger partial charge in [0.2, 0.25) is 0 Å². The first kappa shape index (κ1) is 12.8. The van der Waals surface area contributed by atoms with E-state index in [4.69, 9.17) is 5.73 Å². The van der Waals surface area contributed by atoms with Crippen LogP contribution < -0.4 is 5.73 Å². The highest BCUT2D eigenvalue weighted by Crippen LogP contribution is 2.29. The quantitative estimate of drug-likeness (QED) is 0.682. The van der Waals surface area contributed by atoms with Crippen molar-refractivity contribution in [3.63, 3.8) is 0 Å². The lowest BCUT2D eigenvalue weighted by Crippen LogP contribution is -1.95. The highest BCUT2D eigenvalue weighted by atomic mass is 32.2. The second-order valence-electron chi connectivity index (χ2n) is 3.87. The number of hydrogen-bond acceptors (Lipinski definition) is 3. The summed E-state index contributed by atoms with van der Waals surface area (Å²) in [6.07, 6.45) is 1.67. The molecule has 0 radical (unpaired) electrons. The van der Waals surface area contributed by atoms with E-state index in [1.54, 1.807) is 6.20 Å². The molecule has 0 saturated heterocycles. The SMILES string of the molecule is Cc1cccnc1CSc1c(F)cc(N)cc1F. The van der Waals surface area contributed by atoms with Gasteiger partial charge in [-0.1, -0.05) is 6.07 Å². The lowest BCUT2D eigenvalue weighted by Gasteiger charge is -2.07. The van der Waals surface area contributed by atoms with E-state index >= 15 is 0 Å². The van der Waals surface area contributed by atoms with Gasteiger partial charge in [0.15, 0.2) is 0 Å². The van der Waals surface area contributed by atoms with Gasteiger partial charge in [-0.15, -0.1) is 11.8 Å². The van der Waals surface area contributed by atoms with Crippen molar-refractivity contribution in [2.24, 2.45) is 0 Å². The monoisotopic (exact) mass is 266 g/mol. The largest absolute Gasteiger partial charge is 0.399 e. The van der Waals surface area contributed by atoms with Crippen LogP contribution in [0.15, 0.2) is 35.4 Å².